The van der Waals surface area contributed by atoms with E-state index in [1.54, 1.807) is 6.07 Å². The molecule has 0 aliphatic carbocycles. The van der Waals surface area contributed by atoms with Crippen molar-refractivity contribution in [3.63, 3.8) is 0 Å². The SMILES string of the molecule is Cl.O=C(OC[C@H]1O[C@@H](n2cc(/C=C/Cl)c(=O)[nH]c2=O)[C@@H](O)[C@@H]1O)c1cccnc1. The Labute approximate surface area is 174 Å². The number of rotatable bonds is 5. The Morgan fingerprint density at radius 3 is 2.79 bits per heavy atom. The summed E-state index contributed by atoms with van der Waals surface area (Å²) in [4.78, 5) is 41.6. The summed E-state index contributed by atoms with van der Waals surface area (Å²) >= 11 is 5.46. The highest BCUT2D eigenvalue weighted by Crippen LogP contribution is 2.28. The number of pyridine rings is 1. The van der Waals surface area contributed by atoms with E-state index >= 15 is 0 Å². The molecule has 0 bridgehead atoms. The summed E-state index contributed by atoms with van der Waals surface area (Å²) in [6, 6.07) is 3.07. The number of hydrogen-bond acceptors (Lipinski definition) is 8. The average Bonchev–Trinajstić information content (AvgIpc) is 2.97. The largest absolute Gasteiger partial charge is 0.459 e. The molecule has 0 unspecified atom stereocenters. The molecule has 156 valence electrons. The predicted octanol–water partition coefficient (Wildman–Crippen LogP) is 0.0391. The van der Waals surface area contributed by atoms with Crippen molar-refractivity contribution in [2.45, 2.75) is 24.5 Å². The number of nitrogens with zero attached hydrogens (tertiary/aromatic N) is 2. The lowest BCUT2D eigenvalue weighted by Crippen LogP contribution is -2.38. The van der Waals surface area contributed by atoms with E-state index in [2.05, 4.69) is 9.97 Å². The van der Waals surface area contributed by atoms with Crippen LogP contribution in [0.1, 0.15) is 22.1 Å². The van der Waals surface area contributed by atoms with Gasteiger partial charge in [0.1, 0.15) is 24.9 Å². The van der Waals surface area contributed by atoms with Gasteiger partial charge >= 0.3 is 11.7 Å². The molecular formula is C17H17Cl2N3O7. The molecule has 3 N–H and O–H groups in total. The third kappa shape index (κ3) is 4.92. The summed E-state index contributed by atoms with van der Waals surface area (Å²) in [6.07, 6.45) is -0.118. The van der Waals surface area contributed by atoms with Crippen molar-refractivity contribution < 1.29 is 24.5 Å². The first-order valence-electron chi connectivity index (χ1n) is 8.13. The standard InChI is InChI=1S/C17H16ClN3O7.ClH/c18-4-3-10-7-21(17(26)20-14(10)24)15-13(23)12(22)11(28-15)8-27-16(25)9-2-1-5-19-6-9;/h1-7,11-13,15,22-23H,8H2,(H,20,24,26);1H/b4-3+;/t11-,12-,13+,15-;/m1./s1. The zero-order valence-corrected chi connectivity index (χ0v) is 16.2. The van der Waals surface area contributed by atoms with Crippen molar-refractivity contribution in [1.82, 2.24) is 14.5 Å². The highest BCUT2D eigenvalue weighted by atomic mass is 35.5. The van der Waals surface area contributed by atoms with Crippen molar-refractivity contribution >= 4 is 36.1 Å². The van der Waals surface area contributed by atoms with Crippen molar-refractivity contribution in [3.8, 4) is 0 Å². The Morgan fingerprint density at radius 2 is 2.14 bits per heavy atom. The predicted molar refractivity (Wildman–Crippen MR) is 104 cm³/mol. The van der Waals surface area contributed by atoms with Gasteiger partial charge in [-0.25, -0.2) is 9.59 Å². The number of aliphatic hydroxyl groups excluding tert-OH is 2. The molecular weight excluding hydrogens is 429 g/mol. The van der Waals surface area contributed by atoms with Gasteiger partial charge in [-0.15, -0.1) is 12.4 Å². The van der Waals surface area contributed by atoms with E-state index < -0.39 is 41.8 Å². The fourth-order valence-electron chi connectivity index (χ4n) is 2.70. The van der Waals surface area contributed by atoms with Gasteiger partial charge in [-0.05, 0) is 18.2 Å². The van der Waals surface area contributed by atoms with Crippen LogP contribution >= 0.6 is 24.0 Å². The Hall–Kier alpha value is -2.50. The number of carbonyl (C=O) groups excluding carboxylic acids is 1. The highest BCUT2D eigenvalue weighted by molar-refractivity contribution is 6.27. The summed E-state index contributed by atoms with van der Waals surface area (Å²) in [5.41, 5.74) is -0.178. The first-order valence-corrected chi connectivity index (χ1v) is 8.57. The van der Waals surface area contributed by atoms with Crippen LogP contribution < -0.4 is 11.2 Å². The summed E-state index contributed by atoms with van der Waals surface area (Å²) in [5.74, 6) is -0.683. The number of ether oxygens (including phenoxy) is 2. The van der Waals surface area contributed by atoms with Gasteiger partial charge in [0.2, 0.25) is 0 Å². The second-order valence-electron chi connectivity index (χ2n) is 5.93. The first-order chi connectivity index (χ1) is 13.4. The summed E-state index contributed by atoms with van der Waals surface area (Å²) < 4.78 is 11.5. The number of H-pyrrole nitrogens is 1. The second-order valence-corrected chi connectivity index (χ2v) is 6.18. The van der Waals surface area contributed by atoms with Crippen LogP contribution in [-0.4, -0.2) is 55.6 Å². The molecule has 0 saturated carbocycles. The zero-order valence-electron chi connectivity index (χ0n) is 14.7. The molecule has 1 saturated heterocycles. The van der Waals surface area contributed by atoms with E-state index in [1.807, 2.05) is 0 Å². The number of carbonyl (C=O) groups is 1. The number of nitrogens with one attached hydrogen (secondary N) is 1. The number of esters is 1. The Morgan fingerprint density at radius 1 is 1.38 bits per heavy atom. The number of aromatic nitrogens is 3. The Balaban J connectivity index is 0.00000300. The summed E-state index contributed by atoms with van der Waals surface area (Å²) in [6.45, 7) is -0.366. The van der Waals surface area contributed by atoms with Gasteiger partial charge < -0.3 is 19.7 Å². The van der Waals surface area contributed by atoms with Gasteiger partial charge in [0.05, 0.1) is 11.1 Å². The van der Waals surface area contributed by atoms with E-state index in [4.69, 9.17) is 21.1 Å². The van der Waals surface area contributed by atoms with Crippen LogP contribution in [0.5, 0.6) is 0 Å². The molecule has 10 nitrogen and oxygen atoms in total. The maximum atomic E-state index is 12.1. The van der Waals surface area contributed by atoms with Crippen LogP contribution in [-0.2, 0) is 9.47 Å². The second kappa shape index (κ2) is 9.81. The van der Waals surface area contributed by atoms with E-state index in [9.17, 15) is 24.6 Å². The Bertz CT molecular complexity index is 993. The van der Waals surface area contributed by atoms with Gasteiger partial charge in [0.25, 0.3) is 5.56 Å². The van der Waals surface area contributed by atoms with Crippen LogP contribution in [0.3, 0.4) is 0 Å². The minimum absolute atomic E-state index is 0. The van der Waals surface area contributed by atoms with Gasteiger partial charge in [-0.3, -0.25) is 19.3 Å². The molecule has 1 aliphatic heterocycles. The topological polar surface area (TPSA) is 144 Å². The molecule has 1 fully saturated rings. The third-order valence-electron chi connectivity index (χ3n) is 4.13. The zero-order chi connectivity index (χ0) is 20.3. The van der Waals surface area contributed by atoms with Crippen molar-refractivity contribution in [2.24, 2.45) is 0 Å². The summed E-state index contributed by atoms with van der Waals surface area (Å²) in [5, 5.41) is 20.4. The van der Waals surface area contributed by atoms with Crippen LogP contribution in [0.4, 0.5) is 0 Å². The van der Waals surface area contributed by atoms with Gasteiger partial charge in [0, 0.05) is 24.1 Å². The monoisotopic (exact) mass is 445 g/mol. The lowest BCUT2D eigenvalue weighted by atomic mass is 10.1. The average molecular weight is 446 g/mol. The van der Waals surface area contributed by atoms with Gasteiger partial charge in [-0.2, -0.15) is 0 Å². The van der Waals surface area contributed by atoms with Crippen molar-refractivity contribution in [2.75, 3.05) is 6.61 Å². The summed E-state index contributed by atoms with van der Waals surface area (Å²) in [7, 11) is 0. The molecule has 12 heteroatoms. The van der Waals surface area contributed by atoms with Crippen LogP contribution in [0.2, 0.25) is 0 Å². The van der Waals surface area contributed by atoms with E-state index in [0.717, 1.165) is 16.3 Å². The van der Waals surface area contributed by atoms with E-state index in [-0.39, 0.29) is 30.1 Å². The van der Waals surface area contributed by atoms with Crippen LogP contribution in [0.25, 0.3) is 6.08 Å². The number of aliphatic hydroxyl groups is 2. The van der Waals surface area contributed by atoms with Crippen molar-refractivity contribution in [1.29, 1.82) is 0 Å². The normalized spacial score (nSPS) is 23.7. The molecule has 2 aromatic rings. The van der Waals surface area contributed by atoms with Crippen LogP contribution in [0.15, 0.2) is 45.8 Å². The van der Waals surface area contributed by atoms with Gasteiger partial charge in [-0.1, -0.05) is 11.6 Å². The lowest BCUT2D eigenvalue weighted by molar-refractivity contribution is -0.0599. The molecule has 0 spiro atoms. The molecule has 1 aliphatic rings. The van der Waals surface area contributed by atoms with Crippen LogP contribution in [0, 0.1) is 0 Å². The molecule has 2 aromatic heterocycles. The van der Waals surface area contributed by atoms with E-state index in [0.29, 0.717) is 0 Å². The maximum absolute atomic E-state index is 12.1. The highest BCUT2D eigenvalue weighted by Gasteiger charge is 2.44. The number of halogens is 2. The minimum atomic E-state index is -1.50. The molecule has 3 rings (SSSR count). The third-order valence-corrected chi connectivity index (χ3v) is 4.25. The van der Waals surface area contributed by atoms with E-state index in [1.165, 1.54) is 24.5 Å². The molecule has 4 atom stereocenters. The molecule has 0 aromatic carbocycles. The van der Waals surface area contributed by atoms with Crippen molar-refractivity contribution in [3.05, 3.63) is 68.2 Å². The minimum Gasteiger partial charge on any atom is -0.459 e. The lowest BCUT2D eigenvalue weighted by Gasteiger charge is -2.17. The quantitative estimate of drug-likeness (QED) is 0.547. The number of aromatic amines is 1. The molecule has 0 amide bonds. The fourth-order valence-corrected chi connectivity index (χ4v) is 2.83. The smallest absolute Gasteiger partial charge is 0.339 e. The Kier molecular flexibility index (Phi) is 7.71. The molecule has 3 heterocycles. The maximum Gasteiger partial charge on any atom is 0.339 e. The first kappa shape index (κ1) is 22.8. The number of hydrogen-bond donors (Lipinski definition) is 3. The molecule has 0 radical (unpaired) electrons. The molecule has 29 heavy (non-hydrogen) atoms. The van der Waals surface area contributed by atoms with Gasteiger partial charge in [0.15, 0.2) is 6.23 Å². The fraction of sp³-hybridized carbons (Fsp3) is 0.294.